The van der Waals surface area contributed by atoms with Crippen molar-refractivity contribution in [2.45, 2.75) is 317 Å². The summed E-state index contributed by atoms with van der Waals surface area (Å²) >= 11 is 0. The molecule has 0 aromatic carbocycles. The number of esters is 3. The minimum absolute atomic E-state index is 0.0646. The highest BCUT2D eigenvalue weighted by atomic mass is 16.6. The van der Waals surface area contributed by atoms with Crippen molar-refractivity contribution in [3.63, 3.8) is 0 Å². The molecule has 0 N–H and O–H groups in total. The maximum Gasteiger partial charge on any atom is 0.306 e. The van der Waals surface area contributed by atoms with Gasteiger partial charge in [0, 0.05) is 19.3 Å². The van der Waals surface area contributed by atoms with Crippen molar-refractivity contribution in [1.82, 2.24) is 0 Å². The SMILES string of the molecule is CCC(C)CCCCCCCCCCCCCCCCCCCCC(=O)OC[C@H](COC(=O)CCCCCCCCCCC(C)C)OC(=O)CCCCCCCCCCCC(C)C. The maximum atomic E-state index is 12.8. The smallest absolute Gasteiger partial charge is 0.306 e. The van der Waals surface area contributed by atoms with Crippen molar-refractivity contribution in [3.05, 3.63) is 0 Å². The average Bonchev–Trinajstić information content (AvgIpc) is 3.25. The van der Waals surface area contributed by atoms with Gasteiger partial charge in [0.15, 0.2) is 6.10 Å². The van der Waals surface area contributed by atoms with Crippen LogP contribution in [0.3, 0.4) is 0 Å². The van der Waals surface area contributed by atoms with Gasteiger partial charge < -0.3 is 14.2 Å². The molecule has 0 heterocycles. The Kier molecular flexibility index (Phi) is 47.1. The summed E-state index contributed by atoms with van der Waals surface area (Å²) in [6.45, 7) is 13.7. The van der Waals surface area contributed by atoms with Crippen molar-refractivity contribution in [2.75, 3.05) is 13.2 Å². The summed E-state index contributed by atoms with van der Waals surface area (Å²) in [5.74, 6) is 1.66. The van der Waals surface area contributed by atoms with E-state index in [1.165, 1.54) is 193 Å². The quantitative estimate of drug-likeness (QED) is 0.0344. The molecule has 0 saturated carbocycles. The number of hydrogen-bond donors (Lipinski definition) is 0. The molecule has 1 unspecified atom stereocenters. The summed E-state index contributed by atoms with van der Waals surface area (Å²) in [6.07, 6.45) is 49.6. The Morgan fingerprint density at radius 1 is 0.317 bits per heavy atom. The Morgan fingerprint density at radius 2 is 0.556 bits per heavy atom. The monoisotopic (exact) mass is 891 g/mol. The van der Waals surface area contributed by atoms with Crippen LogP contribution in [0.25, 0.3) is 0 Å². The van der Waals surface area contributed by atoms with E-state index >= 15 is 0 Å². The van der Waals surface area contributed by atoms with E-state index in [0.29, 0.717) is 19.3 Å². The zero-order valence-corrected chi connectivity index (χ0v) is 43.4. The first-order valence-corrected chi connectivity index (χ1v) is 28.1. The zero-order chi connectivity index (χ0) is 46.3. The van der Waals surface area contributed by atoms with Crippen LogP contribution in [-0.4, -0.2) is 37.2 Å². The second-order valence-electron chi connectivity index (χ2n) is 20.8. The van der Waals surface area contributed by atoms with Gasteiger partial charge in [-0.25, -0.2) is 0 Å². The number of carbonyl (C=O) groups is 3. The van der Waals surface area contributed by atoms with Crippen LogP contribution in [0.4, 0.5) is 0 Å². The number of rotatable bonds is 50. The van der Waals surface area contributed by atoms with Crippen LogP contribution in [0.2, 0.25) is 0 Å². The summed E-state index contributed by atoms with van der Waals surface area (Å²) in [5, 5.41) is 0. The molecule has 0 aliphatic heterocycles. The largest absolute Gasteiger partial charge is 0.462 e. The van der Waals surface area contributed by atoms with Gasteiger partial charge >= 0.3 is 17.9 Å². The third kappa shape index (κ3) is 49.7. The first kappa shape index (κ1) is 61.4. The summed E-state index contributed by atoms with van der Waals surface area (Å²) in [7, 11) is 0. The van der Waals surface area contributed by atoms with Gasteiger partial charge in [0.25, 0.3) is 0 Å². The fraction of sp³-hybridized carbons (Fsp3) is 0.947. The van der Waals surface area contributed by atoms with Gasteiger partial charge in [-0.05, 0) is 37.0 Å². The van der Waals surface area contributed by atoms with E-state index < -0.39 is 6.10 Å². The van der Waals surface area contributed by atoms with E-state index in [1.807, 2.05) is 0 Å². The number of carbonyl (C=O) groups excluding carboxylic acids is 3. The zero-order valence-electron chi connectivity index (χ0n) is 43.4. The fourth-order valence-electron chi connectivity index (χ4n) is 8.61. The highest BCUT2D eigenvalue weighted by molar-refractivity contribution is 5.71. The highest BCUT2D eigenvalue weighted by Gasteiger charge is 2.19. The van der Waals surface area contributed by atoms with E-state index in [-0.39, 0.29) is 31.1 Å². The number of unbranched alkanes of at least 4 members (excludes halogenated alkanes) is 32. The van der Waals surface area contributed by atoms with Gasteiger partial charge in [0.2, 0.25) is 0 Å². The molecule has 6 heteroatoms. The Morgan fingerprint density at radius 3 is 0.825 bits per heavy atom. The van der Waals surface area contributed by atoms with Crippen molar-refractivity contribution in [1.29, 1.82) is 0 Å². The molecule has 6 nitrogen and oxygen atoms in total. The van der Waals surface area contributed by atoms with Crippen LogP contribution >= 0.6 is 0 Å². The molecule has 0 bridgehead atoms. The highest BCUT2D eigenvalue weighted by Crippen LogP contribution is 2.19. The van der Waals surface area contributed by atoms with Crippen molar-refractivity contribution in [2.24, 2.45) is 17.8 Å². The van der Waals surface area contributed by atoms with Gasteiger partial charge in [-0.15, -0.1) is 0 Å². The number of hydrogen-bond acceptors (Lipinski definition) is 6. The molecular formula is C57H110O6. The van der Waals surface area contributed by atoms with Crippen molar-refractivity contribution < 1.29 is 28.6 Å². The lowest BCUT2D eigenvalue weighted by Gasteiger charge is -2.18. The molecule has 0 saturated heterocycles. The van der Waals surface area contributed by atoms with E-state index in [4.69, 9.17) is 14.2 Å². The van der Waals surface area contributed by atoms with E-state index in [0.717, 1.165) is 75.5 Å². The first-order valence-electron chi connectivity index (χ1n) is 28.1. The molecule has 2 atom stereocenters. The van der Waals surface area contributed by atoms with Crippen LogP contribution in [-0.2, 0) is 28.6 Å². The lowest BCUT2D eigenvalue weighted by molar-refractivity contribution is -0.167. The maximum absolute atomic E-state index is 12.8. The van der Waals surface area contributed by atoms with E-state index in [1.54, 1.807) is 0 Å². The molecule has 0 spiro atoms. The second-order valence-corrected chi connectivity index (χ2v) is 20.8. The van der Waals surface area contributed by atoms with Crippen LogP contribution in [0.1, 0.15) is 311 Å². The molecule has 0 amide bonds. The fourth-order valence-corrected chi connectivity index (χ4v) is 8.61. The summed E-state index contributed by atoms with van der Waals surface area (Å²) in [6, 6.07) is 0. The first-order chi connectivity index (χ1) is 30.6. The van der Waals surface area contributed by atoms with Crippen molar-refractivity contribution in [3.8, 4) is 0 Å². The summed E-state index contributed by atoms with van der Waals surface area (Å²) < 4.78 is 16.8. The van der Waals surface area contributed by atoms with Gasteiger partial charge in [0.05, 0.1) is 0 Å². The van der Waals surface area contributed by atoms with Gasteiger partial charge in [-0.3, -0.25) is 14.4 Å². The number of ether oxygens (including phenoxy) is 3. The van der Waals surface area contributed by atoms with Crippen LogP contribution in [0, 0.1) is 17.8 Å². The second kappa shape index (κ2) is 48.3. The Balaban J connectivity index is 4.19. The third-order valence-corrected chi connectivity index (χ3v) is 13.3. The van der Waals surface area contributed by atoms with Gasteiger partial charge in [-0.2, -0.15) is 0 Å². The van der Waals surface area contributed by atoms with Crippen molar-refractivity contribution >= 4 is 17.9 Å². The predicted molar refractivity (Wildman–Crippen MR) is 270 cm³/mol. The topological polar surface area (TPSA) is 78.9 Å². The van der Waals surface area contributed by atoms with Crippen LogP contribution in [0.15, 0.2) is 0 Å². The minimum Gasteiger partial charge on any atom is -0.462 e. The standard InChI is InChI=1S/C57H110O6/c1-7-53(6)45-39-33-27-20-16-14-12-10-8-9-11-13-15-17-21-28-34-40-46-55(58)61-49-54(50-62-56(59)47-41-35-29-24-23-26-32-38-44-52(4)5)63-57(60)48-42-36-30-22-18-19-25-31-37-43-51(2)3/h51-54H,7-50H2,1-6H3/t53?,54-/m1/s1. The molecule has 0 fully saturated rings. The average molecular weight is 892 g/mol. The molecule has 0 aromatic rings. The normalized spacial score (nSPS) is 12.6. The van der Waals surface area contributed by atoms with Gasteiger partial charge in [0.1, 0.15) is 13.2 Å². The Labute approximate surface area is 393 Å². The van der Waals surface area contributed by atoms with Crippen LogP contribution in [0.5, 0.6) is 0 Å². The molecule has 0 radical (unpaired) electrons. The Bertz CT molecular complexity index is 978. The molecule has 0 aliphatic rings. The molecule has 0 aliphatic carbocycles. The minimum atomic E-state index is -0.763. The van der Waals surface area contributed by atoms with E-state index in [2.05, 4.69) is 41.5 Å². The molecule has 63 heavy (non-hydrogen) atoms. The molecule has 374 valence electrons. The molecular weight excluding hydrogens is 781 g/mol. The summed E-state index contributed by atoms with van der Waals surface area (Å²) in [5.41, 5.74) is 0. The third-order valence-electron chi connectivity index (χ3n) is 13.3. The lowest BCUT2D eigenvalue weighted by Crippen LogP contribution is -2.30. The summed E-state index contributed by atoms with van der Waals surface area (Å²) in [4.78, 5) is 38.0. The predicted octanol–water partition coefficient (Wildman–Crippen LogP) is 18.3. The molecule has 0 rings (SSSR count). The molecule has 0 aromatic heterocycles. The lowest BCUT2D eigenvalue weighted by atomic mass is 9.99. The van der Waals surface area contributed by atoms with Gasteiger partial charge in [-0.1, -0.05) is 273 Å². The van der Waals surface area contributed by atoms with E-state index in [9.17, 15) is 14.4 Å². The Hall–Kier alpha value is -1.59. The van der Waals surface area contributed by atoms with Crippen LogP contribution < -0.4 is 0 Å².